The minimum Gasteiger partial charge on any atom is -0.368 e. The molecule has 20 heavy (non-hydrogen) atoms. The van der Waals surface area contributed by atoms with E-state index in [-0.39, 0.29) is 0 Å². The standard InChI is InChI=1S/C18H24N2/c1-18(2,3)17-13-20(12-11-19-17)16-10-6-8-14-7-4-5-9-15(14)16/h4-10,17,19H,11-13H2,1-3H3. The molecule has 0 spiro atoms. The van der Waals surface area contributed by atoms with Gasteiger partial charge < -0.3 is 10.2 Å². The zero-order valence-electron chi connectivity index (χ0n) is 12.7. The quantitative estimate of drug-likeness (QED) is 0.849. The summed E-state index contributed by atoms with van der Waals surface area (Å²) in [4.78, 5) is 2.54. The Morgan fingerprint density at radius 2 is 1.80 bits per heavy atom. The fraction of sp³-hybridized carbons (Fsp3) is 0.444. The third-order valence-corrected chi connectivity index (χ3v) is 4.33. The largest absolute Gasteiger partial charge is 0.368 e. The van der Waals surface area contributed by atoms with E-state index in [0.29, 0.717) is 11.5 Å². The lowest BCUT2D eigenvalue weighted by Gasteiger charge is -2.41. The van der Waals surface area contributed by atoms with E-state index < -0.39 is 0 Å². The Kier molecular flexibility index (Phi) is 3.43. The van der Waals surface area contributed by atoms with Gasteiger partial charge in [0, 0.05) is 36.7 Å². The van der Waals surface area contributed by atoms with Crippen LogP contribution in [0.25, 0.3) is 10.8 Å². The van der Waals surface area contributed by atoms with Crippen LogP contribution in [0.4, 0.5) is 5.69 Å². The number of hydrogen-bond acceptors (Lipinski definition) is 2. The third-order valence-electron chi connectivity index (χ3n) is 4.33. The Labute approximate surface area is 121 Å². The third kappa shape index (κ3) is 2.53. The average molecular weight is 268 g/mol. The molecule has 1 unspecified atom stereocenters. The molecular formula is C18H24N2. The van der Waals surface area contributed by atoms with Gasteiger partial charge in [-0.2, -0.15) is 0 Å². The number of rotatable bonds is 1. The topological polar surface area (TPSA) is 15.3 Å². The fourth-order valence-electron chi connectivity index (χ4n) is 3.03. The van der Waals surface area contributed by atoms with Crippen molar-refractivity contribution in [2.45, 2.75) is 26.8 Å². The first-order valence-electron chi connectivity index (χ1n) is 7.52. The van der Waals surface area contributed by atoms with E-state index in [9.17, 15) is 0 Å². The Morgan fingerprint density at radius 3 is 2.60 bits per heavy atom. The number of nitrogens with one attached hydrogen (secondary N) is 1. The van der Waals surface area contributed by atoms with Crippen LogP contribution in [0.15, 0.2) is 42.5 Å². The molecule has 1 saturated heterocycles. The summed E-state index contributed by atoms with van der Waals surface area (Å²) >= 11 is 0. The van der Waals surface area contributed by atoms with Crippen LogP contribution in [0.3, 0.4) is 0 Å². The normalized spacial score (nSPS) is 20.4. The van der Waals surface area contributed by atoms with Crippen molar-refractivity contribution < 1.29 is 0 Å². The van der Waals surface area contributed by atoms with Gasteiger partial charge in [0.25, 0.3) is 0 Å². The summed E-state index contributed by atoms with van der Waals surface area (Å²) in [6.45, 7) is 10.2. The Bertz CT molecular complexity index is 592. The molecule has 0 amide bonds. The van der Waals surface area contributed by atoms with Crippen LogP contribution in [0.5, 0.6) is 0 Å². The maximum Gasteiger partial charge on any atom is 0.0446 e. The summed E-state index contributed by atoms with van der Waals surface area (Å²) in [6, 6.07) is 15.8. The maximum atomic E-state index is 3.67. The van der Waals surface area contributed by atoms with E-state index in [1.165, 1.54) is 16.5 Å². The van der Waals surface area contributed by atoms with Crippen molar-refractivity contribution in [3.63, 3.8) is 0 Å². The summed E-state index contributed by atoms with van der Waals surface area (Å²) in [5, 5.41) is 6.36. The lowest BCUT2D eigenvalue weighted by atomic mass is 9.85. The molecule has 106 valence electrons. The molecule has 0 saturated carbocycles. The van der Waals surface area contributed by atoms with Gasteiger partial charge in [-0.3, -0.25) is 0 Å². The summed E-state index contributed by atoms with van der Waals surface area (Å²) in [5.74, 6) is 0. The van der Waals surface area contributed by atoms with E-state index in [1.54, 1.807) is 0 Å². The van der Waals surface area contributed by atoms with Crippen LogP contribution in [0.1, 0.15) is 20.8 Å². The van der Waals surface area contributed by atoms with Gasteiger partial charge in [-0.15, -0.1) is 0 Å². The predicted molar refractivity (Wildman–Crippen MR) is 87.4 cm³/mol. The predicted octanol–water partition coefficient (Wildman–Crippen LogP) is 3.66. The van der Waals surface area contributed by atoms with Crippen molar-refractivity contribution in [3.8, 4) is 0 Å². The van der Waals surface area contributed by atoms with Gasteiger partial charge in [0.05, 0.1) is 0 Å². The second-order valence-corrected chi connectivity index (χ2v) is 6.82. The van der Waals surface area contributed by atoms with E-state index in [0.717, 1.165) is 19.6 Å². The van der Waals surface area contributed by atoms with Gasteiger partial charge in [-0.25, -0.2) is 0 Å². The second-order valence-electron chi connectivity index (χ2n) is 6.82. The highest BCUT2D eigenvalue weighted by atomic mass is 15.2. The molecule has 0 bridgehead atoms. The van der Waals surface area contributed by atoms with Crippen molar-refractivity contribution in [2.75, 3.05) is 24.5 Å². The minimum atomic E-state index is 0.295. The number of nitrogens with zero attached hydrogens (tertiary/aromatic N) is 1. The summed E-state index contributed by atoms with van der Waals surface area (Å²) in [7, 11) is 0. The Hall–Kier alpha value is -1.54. The minimum absolute atomic E-state index is 0.295. The van der Waals surface area contributed by atoms with Gasteiger partial charge in [0.1, 0.15) is 0 Å². The second kappa shape index (κ2) is 5.10. The van der Waals surface area contributed by atoms with Crippen molar-refractivity contribution in [1.82, 2.24) is 5.32 Å². The molecule has 0 radical (unpaired) electrons. The van der Waals surface area contributed by atoms with Crippen LogP contribution < -0.4 is 10.2 Å². The van der Waals surface area contributed by atoms with Crippen molar-refractivity contribution >= 4 is 16.5 Å². The van der Waals surface area contributed by atoms with Crippen LogP contribution in [-0.4, -0.2) is 25.7 Å². The molecule has 1 atom stereocenters. The molecule has 2 aromatic carbocycles. The molecule has 1 aliphatic heterocycles. The van der Waals surface area contributed by atoms with Crippen LogP contribution >= 0.6 is 0 Å². The average Bonchev–Trinajstić information content (AvgIpc) is 2.46. The summed E-state index contributed by atoms with van der Waals surface area (Å²) in [5.41, 5.74) is 1.67. The SMILES string of the molecule is CC(C)(C)C1CN(c2cccc3ccccc23)CCN1. The van der Waals surface area contributed by atoms with Gasteiger partial charge in [0.15, 0.2) is 0 Å². The number of fused-ring (bicyclic) bond motifs is 1. The fourth-order valence-corrected chi connectivity index (χ4v) is 3.03. The van der Waals surface area contributed by atoms with Crippen molar-refractivity contribution in [3.05, 3.63) is 42.5 Å². The number of benzene rings is 2. The molecule has 0 aromatic heterocycles. The van der Waals surface area contributed by atoms with E-state index >= 15 is 0 Å². The molecule has 1 fully saturated rings. The summed E-state index contributed by atoms with van der Waals surface area (Å²) in [6.07, 6.45) is 0. The van der Waals surface area contributed by atoms with Crippen molar-refractivity contribution in [2.24, 2.45) is 5.41 Å². The lowest BCUT2D eigenvalue weighted by molar-refractivity contribution is 0.254. The summed E-state index contributed by atoms with van der Waals surface area (Å²) < 4.78 is 0. The maximum absolute atomic E-state index is 3.67. The molecule has 2 aromatic rings. The van der Waals surface area contributed by atoms with Gasteiger partial charge >= 0.3 is 0 Å². The first-order chi connectivity index (χ1) is 9.55. The molecular weight excluding hydrogens is 244 g/mol. The molecule has 0 aliphatic carbocycles. The Morgan fingerprint density at radius 1 is 1.05 bits per heavy atom. The van der Waals surface area contributed by atoms with Crippen LogP contribution in [-0.2, 0) is 0 Å². The van der Waals surface area contributed by atoms with Gasteiger partial charge in [-0.1, -0.05) is 57.2 Å². The monoisotopic (exact) mass is 268 g/mol. The van der Waals surface area contributed by atoms with E-state index in [4.69, 9.17) is 0 Å². The van der Waals surface area contributed by atoms with E-state index in [1.807, 2.05) is 0 Å². The number of hydrogen-bond donors (Lipinski definition) is 1. The molecule has 1 N–H and O–H groups in total. The molecule has 2 nitrogen and oxygen atoms in total. The molecule has 1 aliphatic rings. The lowest BCUT2D eigenvalue weighted by Crippen LogP contribution is -2.56. The van der Waals surface area contributed by atoms with Gasteiger partial charge in [-0.05, 0) is 16.9 Å². The highest BCUT2D eigenvalue weighted by Gasteiger charge is 2.29. The zero-order chi connectivity index (χ0) is 14.2. The number of piperazine rings is 1. The zero-order valence-corrected chi connectivity index (χ0v) is 12.7. The smallest absolute Gasteiger partial charge is 0.0446 e. The van der Waals surface area contributed by atoms with Gasteiger partial charge in [0.2, 0.25) is 0 Å². The first-order valence-corrected chi connectivity index (χ1v) is 7.52. The molecule has 1 heterocycles. The van der Waals surface area contributed by atoms with Crippen molar-refractivity contribution in [1.29, 1.82) is 0 Å². The van der Waals surface area contributed by atoms with Crippen LogP contribution in [0, 0.1) is 5.41 Å². The Balaban J connectivity index is 1.95. The number of anilines is 1. The molecule has 2 heteroatoms. The van der Waals surface area contributed by atoms with E-state index in [2.05, 4.69) is 73.5 Å². The highest BCUT2D eigenvalue weighted by Crippen LogP contribution is 2.30. The first kappa shape index (κ1) is 13.4. The highest BCUT2D eigenvalue weighted by molar-refractivity contribution is 5.94. The molecule has 3 rings (SSSR count). The van der Waals surface area contributed by atoms with Crippen LogP contribution in [0.2, 0.25) is 0 Å².